The fourth-order valence-corrected chi connectivity index (χ4v) is 1.77. The molecular formula is C13H19ClN2O. The van der Waals surface area contributed by atoms with Crippen LogP contribution in [0.5, 0.6) is 0 Å². The summed E-state index contributed by atoms with van der Waals surface area (Å²) in [5.41, 5.74) is 1.05. The lowest BCUT2D eigenvalue weighted by Crippen LogP contribution is -2.29. The average Bonchev–Trinajstić information content (AvgIpc) is 2.29. The number of amides is 1. The Labute approximate surface area is 108 Å². The number of benzene rings is 1. The fraction of sp³-hybridized carbons (Fsp3) is 0.462. The van der Waals surface area contributed by atoms with Gasteiger partial charge in [0.05, 0.1) is 0 Å². The van der Waals surface area contributed by atoms with Crippen molar-refractivity contribution in [3.05, 3.63) is 34.9 Å². The molecule has 0 aliphatic heterocycles. The van der Waals surface area contributed by atoms with E-state index in [0.29, 0.717) is 18.0 Å². The van der Waals surface area contributed by atoms with E-state index >= 15 is 0 Å². The predicted octanol–water partition coefficient (Wildman–Crippen LogP) is 2.30. The lowest BCUT2D eigenvalue weighted by atomic mass is 10.2. The van der Waals surface area contributed by atoms with Crippen LogP contribution in [0.1, 0.15) is 18.9 Å². The van der Waals surface area contributed by atoms with E-state index in [1.807, 2.05) is 38.2 Å². The first-order valence-electron chi connectivity index (χ1n) is 5.82. The second-order valence-electron chi connectivity index (χ2n) is 3.98. The van der Waals surface area contributed by atoms with E-state index in [0.717, 1.165) is 18.7 Å². The topological polar surface area (TPSA) is 32.3 Å². The molecule has 1 amide bonds. The molecule has 1 N–H and O–H groups in total. The van der Waals surface area contributed by atoms with Crippen LogP contribution >= 0.6 is 11.6 Å². The third-order valence-corrected chi connectivity index (χ3v) is 2.74. The van der Waals surface area contributed by atoms with Crippen molar-refractivity contribution in [3.8, 4) is 0 Å². The summed E-state index contributed by atoms with van der Waals surface area (Å²) in [6.07, 6.45) is 0.533. The van der Waals surface area contributed by atoms with Crippen LogP contribution in [-0.2, 0) is 11.3 Å². The highest BCUT2D eigenvalue weighted by molar-refractivity contribution is 6.30. The predicted molar refractivity (Wildman–Crippen MR) is 71.1 cm³/mol. The summed E-state index contributed by atoms with van der Waals surface area (Å²) >= 11 is 5.90. The summed E-state index contributed by atoms with van der Waals surface area (Å²) in [4.78, 5) is 13.5. The van der Waals surface area contributed by atoms with Gasteiger partial charge in [-0.2, -0.15) is 0 Å². The summed E-state index contributed by atoms with van der Waals surface area (Å²) in [7, 11) is 1.81. The molecule has 0 aliphatic rings. The lowest BCUT2D eigenvalue weighted by molar-refractivity contribution is -0.130. The second-order valence-corrected chi connectivity index (χ2v) is 4.42. The molecule has 1 rings (SSSR count). The third-order valence-electron chi connectivity index (χ3n) is 2.50. The number of nitrogens with zero attached hydrogens (tertiary/aromatic N) is 1. The minimum atomic E-state index is 0.144. The van der Waals surface area contributed by atoms with Gasteiger partial charge in [0.2, 0.25) is 5.91 Å². The molecule has 0 radical (unpaired) electrons. The van der Waals surface area contributed by atoms with Gasteiger partial charge in [-0.1, -0.05) is 30.7 Å². The summed E-state index contributed by atoms with van der Waals surface area (Å²) in [6.45, 7) is 4.26. The first-order valence-corrected chi connectivity index (χ1v) is 6.20. The molecule has 0 saturated carbocycles. The van der Waals surface area contributed by atoms with E-state index in [-0.39, 0.29) is 5.91 Å². The molecule has 0 atom stereocenters. The Kier molecular flexibility index (Phi) is 6.01. The highest BCUT2D eigenvalue weighted by atomic mass is 35.5. The number of carbonyl (C=O) groups is 1. The Morgan fingerprint density at radius 2 is 2.24 bits per heavy atom. The molecule has 0 bridgehead atoms. The minimum absolute atomic E-state index is 0.144. The molecule has 0 fully saturated rings. The van der Waals surface area contributed by atoms with Gasteiger partial charge in [0.25, 0.3) is 0 Å². The average molecular weight is 255 g/mol. The monoisotopic (exact) mass is 254 g/mol. The van der Waals surface area contributed by atoms with Gasteiger partial charge >= 0.3 is 0 Å². The van der Waals surface area contributed by atoms with E-state index < -0.39 is 0 Å². The zero-order chi connectivity index (χ0) is 12.7. The smallest absolute Gasteiger partial charge is 0.223 e. The van der Waals surface area contributed by atoms with Crippen molar-refractivity contribution in [1.29, 1.82) is 0 Å². The number of hydrogen-bond donors (Lipinski definition) is 1. The van der Waals surface area contributed by atoms with Gasteiger partial charge in [0.1, 0.15) is 0 Å². The number of halogens is 1. The van der Waals surface area contributed by atoms with Gasteiger partial charge in [-0.15, -0.1) is 0 Å². The largest absolute Gasteiger partial charge is 0.341 e. The normalized spacial score (nSPS) is 10.3. The fourth-order valence-electron chi connectivity index (χ4n) is 1.56. The van der Waals surface area contributed by atoms with E-state index in [2.05, 4.69) is 5.32 Å². The molecule has 17 heavy (non-hydrogen) atoms. The van der Waals surface area contributed by atoms with Gasteiger partial charge < -0.3 is 10.2 Å². The Morgan fingerprint density at radius 1 is 1.47 bits per heavy atom. The summed E-state index contributed by atoms with van der Waals surface area (Å²) < 4.78 is 0. The molecular weight excluding hydrogens is 236 g/mol. The maximum atomic E-state index is 11.8. The van der Waals surface area contributed by atoms with Crippen LogP contribution in [0.3, 0.4) is 0 Å². The zero-order valence-electron chi connectivity index (χ0n) is 10.4. The maximum Gasteiger partial charge on any atom is 0.223 e. The molecule has 4 heteroatoms. The second kappa shape index (κ2) is 7.30. The van der Waals surface area contributed by atoms with E-state index in [4.69, 9.17) is 11.6 Å². The number of carbonyl (C=O) groups excluding carboxylic acids is 1. The highest BCUT2D eigenvalue weighted by Gasteiger charge is 2.08. The van der Waals surface area contributed by atoms with E-state index in [1.54, 1.807) is 4.90 Å². The lowest BCUT2D eigenvalue weighted by Gasteiger charge is -2.17. The van der Waals surface area contributed by atoms with Crippen LogP contribution < -0.4 is 5.32 Å². The van der Waals surface area contributed by atoms with Crippen molar-refractivity contribution in [2.75, 3.05) is 20.1 Å². The molecule has 1 aromatic rings. The summed E-state index contributed by atoms with van der Waals surface area (Å²) in [5, 5.41) is 3.84. The van der Waals surface area contributed by atoms with Gasteiger partial charge in [-0.05, 0) is 24.2 Å². The minimum Gasteiger partial charge on any atom is -0.341 e. The van der Waals surface area contributed by atoms with Crippen LogP contribution in [0.15, 0.2) is 24.3 Å². The summed E-state index contributed by atoms with van der Waals surface area (Å²) in [5.74, 6) is 0.144. The Balaban J connectivity index is 2.43. The van der Waals surface area contributed by atoms with Gasteiger partial charge in [0, 0.05) is 31.6 Å². The van der Waals surface area contributed by atoms with Gasteiger partial charge in [0.15, 0.2) is 0 Å². The van der Waals surface area contributed by atoms with Crippen LogP contribution in [0.2, 0.25) is 5.02 Å². The molecule has 0 unspecified atom stereocenters. The van der Waals surface area contributed by atoms with Crippen LogP contribution in [0, 0.1) is 0 Å². The Morgan fingerprint density at radius 3 is 2.88 bits per heavy atom. The molecule has 0 aromatic heterocycles. The molecule has 94 valence electrons. The van der Waals surface area contributed by atoms with Crippen molar-refractivity contribution in [2.45, 2.75) is 19.9 Å². The molecule has 0 heterocycles. The highest BCUT2D eigenvalue weighted by Crippen LogP contribution is 2.12. The number of rotatable bonds is 6. The first kappa shape index (κ1) is 14.0. The van der Waals surface area contributed by atoms with E-state index in [9.17, 15) is 4.79 Å². The Bertz CT molecular complexity index is 368. The Hall–Kier alpha value is -1.06. The first-order chi connectivity index (χ1) is 8.13. The van der Waals surface area contributed by atoms with Crippen LogP contribution in [0.4, 0.5) is 0 Å². The zero-order valence-corrected chi connectivity index (χ0v) is 11.1. The number of nitrogens with one attached hydrogen (secondary N) is 1. The molecule has 0 saturated heterocycles. The van der Waals surface area contributed by atoms with Crippen molar-refractivity contribution >= 4 is 17.5 Å². The van der Waals surface area contributed by atoms with Crippen molar-refractivity contribution in [3.63, 3.8) is 0 Å². The van der Waals surface area contributed by atoms with E-state index in [1.165, 1.54) is 0 Å². The molecule has 0 spiro atoms. The standard InChI is InChI=1S/C13H19ClN2O/c1-3-15-8-7-13(17)16(2)10-11-5-4-6-12(14)9-11/h4-6,9,15H,3,7-8,10H2,1-2H3. The van der Waals surface area contributed by atoms with Gasteiger partial charge in [-0.25, -0.2) is 0 Å². The van der Waals surface area contributed by atoms with Crippen LogP contribution in [0.25, 0.3) is 0 Å². The maximum absolute atomic E-state index is 11.8. The van der Waals surface area contributed by atoms with Crippen molar-refractivity contribution in [1.82, 2.24) is 10.2 Å². The molecule has 0 aliphatic carbocycles. The molecule has 3 nitrogen and oxygen atoms in total. The summed E-state index contributed by atoms with van der Waals surface area (Å²) in [6, 6.07) is 7.59. The van der Waals surface area contributed by atoms with Crippen molar-refractivity contribution in [2.24, 2.45) is 0 Å². The molecule has 1 aromatic carbocycles. The van der Waals surface area contributed by atoms with Gasteiger partial charge in [-0.3, -0.25) is 4.79 Å². The SMILES string of the molecule is CCNCCC(=O)N(C)Cc1cccc(Cl)c1. The quantitative estimate of drug-likeness (QED) is 0.790. The van der Waals surface area contributed by atoms with Crippen LogP contribution in [-0.4, -0.2) is 30.9 Å². The number of hydrogen-bond acceptors (Lipinski definition) is 2. The third kappa shape index (κ3) is 5.20. The van der Waals surface area contributed by atoms with Crippen molar-refractivity contribution < 1.29 is 4.79 Å².